The molecule has 0 aliphatic carbocycles. The average Bonchev–Trinajstić information content (AvgIpc) is 1.71. The van der Waals surface area contributed by atoms with Crippen LogP contribution in [0.5, 0.6) is 23.0 Å². The molecule has 7 atom stereocenters. The Hall–Kier alpha value is -7.25. The van der Waals surface area contributed by atoms with Gasteiger partial charge in [-0.25, -0.2) is 0 Å². The van der Waals surface area contributed by atoms with Gasteiger partial charge >= 0.3 is 0 Å². The minimum Gasteiger partial charge on any atom is -0.457 e. The lowest BCUT2D eigenvalue weighted by atomic mass is 10.0. The van der Waals surface area contributed by atoms with Crippen LogP contribution in [0, 0.1) is 26.7 Å². The Morgan fingerprint density at radius 2 is 0.826 bits per heavy atom. The van der Waals surface area contributed by atoms with E-state index in [0.717, 1.165) is 62.2 Å². The quantitative estimate of drug-likeness (QED) is 0.0520. The second-order valence-corrected chi connectivity index (χ2v) is 31.2. The highest BCUT2D eigenvalue weighted by molar-refractivity contribution is 7.10. The zero-order valence-corrected chi connectivity index (χ0v) is 69.7. The van der Waals surface area contributed by atoms with Gasteiger partial charge in [-0.3, -0.25) is 43.5 Å². The number of amides is 6. The smallest absolute Gasteiger partial charge is 0.251 e. The summed E-state index contributed by atoms with van der Waals surface area (Å²) in [5, 5.41) is 16.9. The summed E-state index contributed by atoms with van der Waals surface area (Å²) in [5.41, 5.74) is 5.58. The van der Waals surface area contributed by atoms with Crippen molar-refractivity contribution < 1.29 is 38.2 Å². The fourth-order valence-electron chi connectivity index (χ4n) is 13.8. The van der Waals surface area contributed by atoms with Crippen LogP contribution in [0.25, 0.3) is 0 Å². The zero-order chi connectivity index (χ0) is 75.4. The molecular formula is C82H94Cl7N9O8S3. The van der Waals surface area contributed by atoms with Crippen LogP contribution >= 0.6 is 118 Å². The van der Waals surface area contributed by atoms with Gasteiger partial charge in [0.05, 0.1) is 0 Å². The molecule has 12 rings (SSSR count). The largest absolute Gasteiger partial charge is 0.457 e. The molecule has 0 bridgehead atoms. The fourth-order valence-corrected chi connectivity index (χ4v) is 16.8. The monoisotopic (exact) mass is 1670 g/mol. The Balaban J connectivity index is 0.000000227. The third-order valence-corrected chi connectivity index (χ3v) is 22.1. The molecule has 0 saturated carbocycles. The van der Waals surface area contributed by atoms with Crippen molar-refractivity contribution in [1.82, 2.24) is 30.7 Å². The van der Waals surface area contributed by atoms with E-state index in [1.54, 1.807) is 28.0 Å². The Bertz CT molecular complexity index is 4340. The van der Waals surface area contributed by atoms with Crippen molar-refractivity contribution in [1.29, 1.82) is 0 Å². The van der Waals surface area contributed by atoms with Crippen LogP contribution < -0.4 is 40.1 Å². The molecule has 27 heteroatoms. The lowest BCUT2D eigenvalue weighted by Gasteiger charge is -2.40. The van der Waals surface area contributed by atoms with Crippen LogP contribution in [-0.4, -0.2) is 144 Å². The number of ether oxygens (including phenoxy) is 2. The Labute approximate surface area is 690 Å². The Kier molecular flexibility index (Phi) is 35.5. The number of alkyl halides is 3. The normalized spacial score (nSPS) is 16.8. The van der Waals surface area contributed by atoms with Crippen molar-refractivity contribution in [3.05, 3.63) is 240 Å². The first-order valence-corrected chi connectivity index (χ1v) is 40.1. The average molecular weight is 1680 g/mol. The highest BCUT2D eigenvalue weighted by Crippen LogP contribution is 2.41. The van der Waals surface area contributed by atoms with Crippen molar-refractivity contribution in [3.8, 4) is 23.0 Å². The fraction of sp³-hybridized carbons (Fsp3) is 0.341. The molecule has 3 N–H and O–H groups in total. The minimum absolute atomic E-state index is 0. The molecule has 0 spiro atoms. The number of carbonyl (C=O) groups excluding carboxylic acids is 6. The number of benzene rings is 6. The molecule has 109 heavy (non-hydrogen) atoms. The first-order valence-electron chi connectivity index (χ1n) is 35.5. The third kappa shape index (κ3) is 23.9. The van der Waals surface area contributed by atoms with Crippen LogP contribution in [-0.2, 0) is 35.2 Å². The molecule has 3 fully saturated rings. The summed E-state index contributed by atoms with van der Waals surface area (Å²) in [6.07, 6.45) is 1.81. The molecule has 9 aromatic rings. The molecule has 6 aromatic carbocycles. The standard InChI is InChI=1S/C32H32ClN3O3S.C29H34ClN3O3S.C21H25Cl2N3O2S.3ClH/c1-23-19-27(39-26-11-6-3-7-12-26)14-15-28(23)36(30(37)21-33)31(29-13-8-18-40-29)32(38)35-17-16-34-25(22-35)20-24-9-4-2-5-10-24;1-20(2)16-22-19-32(14-13-31-22)29(35)28(26-10-7-15-37-26)33(27(34)18-30)25-12-11-24(17-21(25)3)36-23-8-5-4-6-9-23;1-13-9-16(23)6-7-17(13)26(19(27)10-22)20(18-5-4-8-29-18)21(28)25-11-14(2)24-15(3)12-25;;;/h2-15,18-19,25,31,34H,16-17,20-22H2,1H3;4-12,15,17,20,22,28,31H,13-14,16,18-19H2,1-3H3;4-9,14-15,20,24H,10-12H2,1-3H3;3*1H/t;22-,28-;14-,15+,20?;;;/m.0..../s1. The zero-order valence-electron chi connectivity index (χ0n) is 61.8. The van der Waals surface area contributed by atoms with Crippen LogP contribution in [0.3, 0.4) is 0 Å². The van der Waals surface area contributed by atoms with Gasteiger partial charge in [0, 0.05) is 113 Å². The number of aryl methyl sites for hydroxylation is 3. The summed E-state index contributed by atoms with van der Waals surface area (Å²) in [4.78, 5) is 94.7. The van der Waals surface area contributed by atoms with Crippen molar-refractivity contribution >= 4 is 170 Å². The first kappa shape index (κ1) is 89.0. The van der Waals surface area contributed by atoms with E-state index in [1.807, 2.05) is 203 Å². The van der Waals surface area contributed by atoms with E-state index >= 15 is 0 Å². The number of rotatable bonds is 23. The molecular weight excluding hydrogens is 1580 g/mol. The van der Waals surface area contributed by atoms with Crippen molar-refractivity contribution in [2.45, 2.75) is 104 Å². The highest BCUT2D eigenvalue weighted by Gasteiger charge is 2.42. The van der Waals surface area contributed by atoms with Gasteiger partial charge in [0.15, 0.2) is 0 Å². The number of nitrogens with zero attached hydrogens (tertiary/aromatic N) is 6. The van der Waals surface area contributed by atoms with Gasteiger partial charge in [-0.1, -0.05) is 110 Å². The van der Waals surface area contributed by atoms with Gasteiger partial charge in [0.25, 0.3) is 17.7 Å². The maximum Gasteiger partial charge on any atom is 0.251 e. The topological polar surface area (TPSA) is 176 Å². The van der Waals surface area contributed by atoms with Gasteiger partial charge in [0.1, 0.15) is 58.8 Å². The summed E-state index contributed by atoms with van der Waals surface area (Å²) in [7, 11) is 0. The number of hydrogen-bond acceptors (Lipinski definition) is 14. The summed E-state index contributed by atoms with van der Waals surface area (Å²) in [6, 6.07) is 55.5. The van der Waals surface area contributed by atoms with Gasteiger partial charge in [-0.15, -0.1) is 106 Å². The van der Waals surface area contributed by atoms with Gasteiger partial charge in [-0.05, 0) is 189 Å². The van der Waals surface area contributed by atoms with E-state index in [1.165, 1.54) is 44.5 Å². The lowest BCUT2D eigenvalue weighted by molar-refractivity contribution is -0.136. The SMILES string of the molecule is Cc1cc(Cl)ccc1N(C(=O)CCl)C(C(=O)N1C[C@@H](C)N[C@@H](C)C1)c1cccs1.Cc1cc(Oc2ccccc2)ccc1N(C(=O)CCl)C(C(=O)N1CCNC(Cc2ccccc2)C1)c1cccs1.Cc1cc(Oc2ccccc2)ccc1N(C(=O)CCl)[C@H](C(=O)N1CCN[C@@H](CC(C)C)C1)c1cccs1.Cl.Cl.Cl. The van der Waals surface area contributed by atoms with Gasteiger partial charge in [0.2, 0.25) is 17.7 Å². The molecule has 3 aliphatic heterocycles. The van der Waals surface area contributed by atoms with Crippen LogP contribution in [0.15, 0.2) is 198 Å². The van der Waals surface area contributed by atoms with Crippen LogP contribution in [0.1, 0.15) is 89.1 Å². The molecule has 17 nitrogen and oxygen atoms in total. The molecule has 6 heterocycles. The molecule has 6 amide bonds. The molecule has 3 aliphatic rings. The van der Waals surface area contributed by atoms with E-state index < -0.39 is 18.1 Å². The summed E-state index contributed by atoms with van der Waals surface area (Å²) >= 11 is 28.8. The second kappa shape index (κ2) is 43.5. The van der Waals surface area contributed by atoms with E-state index in [2.05, 4.69) is 55.8 Å². The molecule has 3 unspecified atom stereocenters. The number of para-hydroxylation sites is 2. The van der Waals surface area contributed by atoms with Crippen LogP contribution in [0.2, 0.25) is 5.02 Å². The second-order valence-electron chi connectivity index (χ2n) is 27.0. The number of halogens is 7. The maximum absolute atomic E-state index is 14.3. The van der Waals surface area contributed by atoms with Crippen molar-refractivity contribution in [3.63, 3.8) is 0 Å². The number of nitrogens with one attached hydrogen (secondary N) is 3. The molecule has 3 saturated heterocycles. The summed E-state index contributed by atoms with van der Waals surface area (Å²) in [5.74, 6) is 1.34. The first-order chi connectivity index (χ1) is 51.2. The molecule has 582 valence electrons. The van der Waals surface area contributed by atoms with E-state index in [9.17, 15) is 28.8 Å². The highest BCUT2D eigenvalue weighted by atomic mass is 35.5. The van der Waals surface area contributed by atoms with Gasteiger partial charge in [-0.2, -0.15) is 0 Å². The number of piperazine rings is 3. The molecule has 0 radical (unpaired) electrons. The number of carbonyl (C=O) groups is 6. The van der Waals surface area contributed by atoms with Gasteiger partial charge < -0.3 is 40.1 Å². The summed E-state index contributed by atoms with van der Waals surface area (Å²) in [6.45, 7) is 19.1. The van der Waals surface area contributed by atoms with Crippen molar-refractivity contribution in [2.24, 2.45) is 5.92 Å². The predicted molar refractivity (Wildman–Crippen MR) is 454 cm³/mol. The third-order valence-electron chi connectivity index (χ3n) is 18.4. The predicted octanol–water partition coefficient (Wildman–Crippen LogP) is 17.7. The Morgan fingerprint density at radius 1 is 0.459 bits per heavy atom. The van der Waals surface area contributed by atoms with E-state index in [-0.39, 0.29) is 114 Å². The van der Waals surface area contributed by atoms with Crippen molar-refractivity contribution in [2.75, 3.05) is 84.7 Å². The lowest BCUT2D eigenvalue weighted by Crippen LogP contribution is -2.58. The minimum atomic E-state index is -0.818. The summed E-state index contributed by atoms with van der Waals surface area (Å²) < 4.78 is 12.0. The Morgan fingerprint density at radius 3 is 1.19 bits per heavy atom. The molecule has 3 aromatic heterocycles. The number of anilines is 3. The number of hydrogen-bond donors (Lipinski definition) is 3. The van der Waals surface area contributed by atoms with Crippen LogP contribution in [0.4, 0.5) is 17.1 Å². The van der Waals surface area contributed by atoms with E-state index in [4.69, 9.17) is 55.9 Å². The number of thiophene rings is 3. The van der Waals surface area contributed by atoms with E-state index in [0.29, 0.717) is 85.3 Å². The maximum atomic E-state index is 14.3.